The number of aromatic nitrogens is 1. The van der Waals surface area contributed by atoms with Gasteiger partial charge in [-0.15, -0.1) is 0 Å². The number of thiocarbonyl (C=S) groups is 1. The summed E-state index contributed by atoms with van der Waals surface area (Å²) in [5, 5.41) is 7.01. The Labute approximate surface area is 238 Å². The molecule has 0 spiro atoms. The van der Waals surface area contributed by atoms with Gasteiger partial charge in [-0.25, -0.2) is 4.98 Å². The zero-order valence-electron chi connectivity index (χ0n) is 19.7. The van der Waals surface area contributed by atoms with Crippen molar-refractivity contribution in [3.05, 3.63) is 99.2 Å². The van der Waals surface area contributed by atoms with Crippen LogP contribution in [0, 0.1) is 6.92 Å². The fourth-order valence-corrected chi connectivity index (χ4v) is 4.53. The lowest BCUT2D eigenvalue weighted by Crippen LogP contribution is -2.32. The molecule has 0 aliphatic carbocycles. The summed E-state index contributed by atoms with van der Waals surface area (Å²) in [7, 11) is 0. The number of aryl methyl sites for hydroxylation is 1. The first-order valence-corrected chi connectivity index (χ1v) is 12.8. The van der Waals surface area contributed by atoms with E-state index in [9.17, 15) is 4.79 Å². The zero-order chi connectivity index (χ0) is 26.8. The highest BCUT2D eigenvalue weighted by molar-refractivity contribution is 7.80. The van der Waals surface area contributed by atoms with Crippen LogP contribution in [0.15, 0.2) is 81.6 Å². The molecule has 3 aromatic carbocycles. The number of nitrogens with one attached hydrogen (secondary N) is 2. The number of carbonyl (C=O) groups excluding carboxylic acids is 1. The average Bonchev–Trinajstić information content (AvgIpc) is 3.51. The lowest BCUT2D eigenvalue weighted by molar-refractivity contribution is -0.115. The van der Waals surface area contributed by atoms with E-state index in [1.807, 2.05) is 25.1 Å². The van der Waals surface area contributed by atoms with Crippen molar-refractivity contribution in [3.63, 3.8) is 0 Å². The fraction of sp³-hybridized carbons (Fsp3) is 0.0357. The van der Waals surface area contributed by atoms with Gasteiger partial charge in [-0.2, -0.15) is 0 Å². The van der Waals surface area contributed by atoms with Crippen LogP contribution in [-0.2, 0) is 4.79 Å². The van der Waals surface area contributed by atoms with Crippen molar-refractivity contribution in [3.8, 4) is 22.8 Å². The van der Waals surface area contributed by atoms with Crippen LogP contribution >= 0.6 is 47.0 Å². The van der Waals surface area contributed by atoms with Crippen LogP contribution in [0.1, 0.15) is 11.3 Å². The van der Waals surface area contributed by atoms with E-state index >= 15 is 0 Å². The molecule has 0 aliphatic heterocycles. The Balaban J connectivity index is 1.24. The molecule has 1 amide bonds. The van der Waals surface area contributed by atoms with Crippen molar-refractivity contribution in [2.45, 2.75) is 6.92 Å². The third-order valence-electron chi connectivity index (χ3n) is 5.46. The van der Waals surface area contributed by atoms with Crippen LogP contribution < -0.4 is 10.6 Å². The van der Waals surface area contributed by atoms with Crippen molar-refractivity contribution in [2.24, 2.45) is 0 Å². The standard InChI is InChI=1S/C28H18Cl3N3O3S/c1-15-2-9-22-25(12-15)37-27(32-22)16-3-8-20(30)23(13-16)33-28(38)34-26(35)11-6-18-5-10-24(36-18)19-7-4-17(29)14-21(19)31/h2-14H,1H3,(H2,33,34,35,38)/b11-6+. The van der Waals surface area contributed by atoms with Gasteiger partial charge >= 0.3 is 0 Å². The Morgan fingerprint density at radius 3 is 2.61 bits per heavy atom. The minimum absolute atomic E-state index is 0.0694. The molecule has 0 fully saturated rings. The zero-order valence-corrected chi connectivity index (χ0v) is 22.8. The average molecular weight is 583 g/mol. The number of carbonyl (C=O) groups is 1. The van der Waals surface area contributed by atoms with E-state index in [0.717, 1.165) is 11.1 Å². The maximum Gasteiger partial charge on any atom is 0.250 e. The lowest BCUT2D eigenvalue weighted by atomic mass is 10.2. The van der Waals surface area contributed by atoms with Gasteiger partial charge in [0.2, 0.25) is 11.8 Å². The number of amides is 1. The number of furan rings is 1. The van der Waals surface area contributed by atoms with Crippen LogP contribution in [0.2, 0.25) is 15.1 Å². The number of rotatable bonds is 5. The molecule has 2 N–H and O–H groups in total. The predicted octanol–water partition coefficient (Wildman–Crippen LogP) is 8.55. The Kier molecular flexibility index (Phi) is 7.53. The minimum Gasteiger partial charge on any atom is -0.457 e. The molecule has 5 aromatic rings. The number of fused-ring (bicyclic) bond motifs is 1. The van der Waals surface area contributed by atoms with Gasteiger partial charge in [0.15, 0.2) is 10.7 Å². The minimum atomic E-state index is -0.452. The van der Waals surface area contributed by atoms with E-state index in [0.29, 0.717) is 54.9 Å². The maximum atomic E-state index is 12.4. The monoisotopic (exact) mass is 581 g/mol. The highest BCUT2D eigenvalue weighted by atomic mass is 35.5. The first-order chi connectivity index (χ1) is 18.2. The number of hydrogen-bond donors (Lipinski definition) is 2. The van der Waals surface area contributed by atoms with Gasteiger partial charge in [0.25, 0.3) is 0 Å². The van der Waals surface area contributed by atoms with Crippen molar-refractivity contribution in [1.29, 1.82) is 0 Å². The summed E-state index contributed by atoms with van der Waals surface area (Å²) in [5.74, 6) is 1.00. The van der Waals surface area contributed by atoms with E-state index in [2.05, 4.69) is 15.6 Å². The summed E-state index contributed by atoms with van der Waals surface area (Å²) in [5.41, 5.74) is 4.41. The highest BCUT2D eigenvalue weighted by Crippen LogP contribution is 2.32. The third-order valence-corrected chi connectivity index (χ3v) is 6.55. The normalized spacial score (nSPS) is 11.3. The van der Waals surface area contributed by atoms with E-state index in [4.69, 9.17) is 55.9 Å². The van der Waals surface area contributed by atoms with E-state index in [-0.39, 0.29) is 5.11 Å². The first kappa shape index (κ1) is 26.0. The van der Waals surface area contributed by atoms with Crippen LogP contribution in [0.3, 0.4) is 0 Å². The number of benzene rings is 3. The second-order valence-electron chi connectivity index (χ2n) is 8.29. The molecule has 0 radical (unpaired) electrons. The van der Waals surface area contributed by atoms with Crippen LogP contribution in [0.5, 0.6) is 0 Å². The number of hydrogen-bond acceptors (Lipinski definition) is 5. The highest BCUT2D eigenvalue weighted by Gasteiger charge is 2.13. The summed E-state index contributed by atoms with van der Waals surface area (Å²) in [6, 6.07) is 19.6. The maximum absolute atomic E-state index is 12.4. The molecule has 0 atom stereocenters. The molecule has 2 aromatic heterocycles. The summed E-state index contributed by atoms with van der Waals surface area (Å²) in [4.78, 5) is 17.0. The molecule has 38 heavy (non-hydrogen) atoms. The van der Waals surface area contributed by atoms with Gasteiger partial charge in [0, 0.05) is 22.2 Å². The number of oxazole rings is 1. The molecular formula is C28H18Cl3N3O3S. The predicted molar refractivity (Wildman–Crippen MR) is 157 cm³/mol. The molecular weight excluding hydrogens is 565 g/mol. The molecule has 0 saturated carbocycles. The van der Waals surface area contributed by atoms with Gasteiger partial charge in [-0.05, 0) is 91.4 Å². The molecule has 5 rings (SSSR count). The van der Waals surface area contributed by atoms with Gasteiger partial charge in [-0.3, -0.25) is 10.1 Å². The summed E-state index contributed by atoms with van der Waals surface area (Å²) in [6.07, 6.45) is 2.83. The smallest absolute Gasteiger partial charge is 0.250 e. The molecule has 0 saturated heterocycles. The Morgan fingerprint density at radius 2 is 1.79 bits per heavy atom. The van der Waals surface area contributed by atoms with Crippen molar-refractivity contribution >= 4 is 80.9 Å². The van der Waals surface area contributed by atoms with Gasteiger partial charge < -0.3 is 14.2 Å². The molecule has 10 heteroatoms. The first-order valence-electron chi connectivity index (χ1n) is 11.3. The summed E-state index contributed by atoms with van der Waals surface area (Å²) < 4.78 is 11.7. The van der Waals surface area contributed by atoms with Gasteiger partial charge in [0.1, 0.15) is 17.0 Å². The quantitative estimate of drug-likeness (QED) is 0.160. The molecule has 190 valence electrons. The molecule has 0 aliphatic rings. The summed E-state index contributed by atoms with van der Waals surface area (Å²) in [6.45, 7) is 1.99. The second-order valence-corrected chi connectivity index (χ2v) is 9.95. The number of anilines is 1. The Morgan fingerprint density at radius 1 is 0.947 bits per heavy atom. The van der Waals surface area contributed by atoms with Gasteiger partial charge in [-0.1, -0.05) is 40.9 Å². The Bertz CT molecular complexity index is 1730. The number of halogens is 3. The molecule has 0 unspecified atom stereocenters. The second kappa shape index (κ2) is 11.0. The summed E-state index contributed by atoms with van der Waals surface area (Å²) >= 11 is 23.8. The van der Waals surface area contributed by atoms with E-state index in [1.165, 1.54) is 12.2 Å². The van der Waals surface area contributed by atoms with Crippen LogP contribution in [0.25, 0.3) is 40.0 Å². The van der Waals surface area contributed by atoms with Crippen molar-refractivity contribution < 1.29 is 13.6 Å². The van der Waals surface area contributed by atoms with Crippen LogP contribution in [-0.4, -0.2) is 16.0 Å². The van der Waals surface area contributed by atoms with Gasteiger partial charge in [0.05, 0.1) is 15.7 Å². The largest absolute Gasteiger partial charge is 0.457 e. The molecule has 0 bridgehead atoms. The third kappa shape index (κ3) is 5.92. The lowest BCUT2D eigenvalue weighted by Gasteiger charge is -2.10. The fourth-order valence-electron chi connectivity index (χ4n) is 3.65. The van der Waals surface area contributed by atoms with E-state index < -0.39 is 5.91 Å². The van der Waals surface area contributed by atoms with Crippen molar-refractivity contribution in [1.82, 2.24) is 10.3 Å². The topological polar surface area (TPSA) is 80.3 Å². The van der Waals surface area contributed by atoms with Crippen molar-refractivity contribution in [2.75, 3.05) is 5.32 Å². The molecule has 2 heterocycles. The molecule has 6 nitrogen and oxygen atoms in total. The SMILES string of the molecule is Cc1ccc2nc(-c3ccc(Cl)c(NC(=S)NC(=O)/C=C/c4ccc(-c5ccc(Cl)cc5Cl)o4)c3)oc2c1. The Hall–Kier alpha value is -3.62. The van der Waals surface area contributed by atoms with E-state index in [1.54, 1.807) is 48.5 Å². The van der Waals surface area contributed by atoms with Crippen LogP contribution in [0.4, 0.5) is 5.69 Å². The number of nitrogens with zero attached hydrogens (tertiary/aromatic N) is 1.